The molecule has 0 spiro atoms. The van der Waals surface area contributed by atoms with Crippen LogP contribution in [0.25, 0.3) is 0 Å². The molecule has 0 unspecified atom stereocenters. The second kappa shape index (κ2) is 6.78. The molecule has 2 saturated heterocycles. The van der Waals surface area contributed by atoms with Crippen LogP contribution in [0.5, 0.6) is 0 Å². The van der Waals surface area contributed by atoms with Gasteiger partial charge in [-0.3, -0.25) is 19.7 Å². The highest BCUT2D eigenvalue weighted by Gasteiger charge is 2.53. The summed E-state index contributed by atoms with van der Waals surface area (Å²) in [7, 11) is 1.56. The van der Waals surface area contributed by atoms with Crippen molar-refractivity contribution in [2.75, 3.05) is 32.6 Å². The fraction of sp³-hybridized carbons (Fsp3) is 0.467. The number of nitro groups is 1. The van der Waals surface area contributed by atoms with E-state index in [-0.39, 0.29) is 22.9 Å². The molecular formula is C15H17N3O5S. The van der Waals surface area contributed by atoms with E-state index in [0.29, 0.717) is 25.4 Å². The number of carbonyl (C=O) groups is 2. The number of rotatable bonds is 6. The van der Waals surface area contributed by atoms with Gasteiger partial charge in [0.2, 0.25) is 5.91 Å². The van der Waals surface area contributed by atoms with Gasteiger partial charge in [-0.2, -0.15) is 0 Å². The zero-order valence-corrected chi connectivity index (χ0v) is 13.9. The molecule has 0 radical (unpaired) electrons. The Bertz CT molecular complexity index is 666. The third-order valence-electron chi connectivity index (χ3n) is 4.28. The lowest BCUT2D eigenvalue weighted by Gasteiger charge is -2.50. The van der Waals surface area contributed by atoms with Gasteiger partial charge in [-0.25, -0.2) is 0 Å². The van der Waals surface area contributed by atoms with Crippen LogP contribution < -0.4 is 0 Å². The minimum absolute atomic E-state index is 0.00260. The molecule has 1 aromatic carbocycles. The van der Waals surface area contributed by atoms with Crippen LogP contribution in [0.15, 0.2) is 24.3 Å². The molecule has 8 nitrogen and oxygen atoms in total. The van der Waals surface area contributed by atoms with Crippen molar-refractivity contribution >= 4 is 28.6 Å². The second-order valence-electron chi connectivity index (χ2n) is 5.57. The van der Waals surface area contributed by atoms with Crippen LogP contribution in [0.4, 0.5) is 10.5 Å². The van der Waals surface area contributed by atoms with Gasteiger partial charge in [-0.05, 0) is 5.56 Å². The summed E-state index contributed by atoms with van der Waals surface area (Å²) in [5.41, 5.74) is 0.781. The number of likely N-dealkylation sites (tertiary alicyclic amines) is 1. The molecule has 2 amide bonds. The van der Waals surface area contributed by atoms with Gasteiger partial charge in [0.05, 0.1) is 17.6 Å². The molecule has 1 aromatic rings. The van der Waals surface area contributed by atoms with Crippen molar-refractivity contribution < 1.29 is 19.2 Å². The number of nitro benzene ring substituents is 1. The number of hydrogen-bond donors (Lipinski definition) is 0. The summed E-state index contributed by atoms with van der Waals surface area (Å²) in [5.74, 6) is 0.569. The third kappa shape index (κ3) is 2.84. The van der Waals surface area contributed by atoms with Crippen LogP contribution in [0.1, 0.15) is 11.6 Å². The van der Waals surface area contributed by atoms with Gasteiger partial charge < -0.3 is 14.5 Å². The average molecular weight is 351 g/mol. The molecule has 2 fully saturated rings. The summed E-state index contributed by atoms with van der Waals surface area (Å²) < 4.78 is 5.05. The molecule has 2 atom stereocenters. The summed E-state index contributed by atoms with van der Waals surface area (Å²) in [6.45, 7) is 1.36. The fourth-order valence-electron chi connectivity index (χ4n) is 3.09. The molecule has 0 aromatic heterocycles. The molecule has 24 heavy (non-hydrogen) atoms. The van der Waals surface area contributed by atoms with E-state index in [9.17, 15) is 19.7 Å². The Kier molecular flexibility index (Phi) is 4.72. The molecule has 2 heterocycles. The zero-order chi connectivity index (χ0) is 17.3. The smallest absolute Gasteiger partial charge is 0.282 e. The first-order valence-electron chi connectivity index (χ1n) is 7.51. The van der Waals surface area contributed by atoms with E-state index in [1.54, 1.807) is 29.0 Å². The summed E-state index contributed by atoms with van der Waals surface area (Å²) in [6, 6.07) is 5.31. The number of thioether (sulfide) groups is 1. The molecule has 2 aliphatic heterocycles. The lowest BCUT2D eigenvalue weighted by atomic mass is 9.87. The average Bonchev–Trinajstić information content (AvgIpc) is 2.98. The van der Waals surface area contributed by atoms with Crippen molar-refractivity contribution in [1.82, 2.24) is 9.80 Å². The Morgan fingerprint density at radius 1 is 1.29 bits per heavy atom. The molecule has 0 bridgehead atoms. The maximum Gasteiger partial charge on any atom is 0.282 e. The van der Waals surface area contributed by atoms with Gasteiger partial charge in [-0.1, -0.05) is 23.9 Å². The Labute approximate surface area is 142 Å². The van der Waals surface area contributed by atoms with Gasteiger partial charge in [0.15, 0.2) is 0 Å². The number of carbonyl (C=O) groups excluding carboxylic acids is 2. The molecule has 0 N–H and O–H groups in total. The van der Waals surface area contributed by atoms with Crippen molar-refractivity contribution in [3.8, 4) is 0 Å². The van der Waals surface area contributed by atoms with Gasteiger partial charge in [0, 0.05) is 38.1 Å². The van der Waals surface area contributed by atoms with E-state index in [2.05, 4.69) is 0 Å². The number of methoxy groups -OCH3 is 1. The molecule has 2 aliphatic rings. The lowest BCUT2D eigenvalue weighted by molar-refractivity contribution is -0.384. The van der Waals surface area contributed by atoms with Crippen LogP contribution in [0, 0.1) is 10.1 Å². The highest BCUT2D eigenvalue weighted by Crippen LogP contribution is 2.40. The number of β-lactam (4-membered cyclic amide) rings is 1. The second-order valence-corrected chi connectivity index (χ2v) is 6.62. The van der Waals surface area contributed by atoms with E-state index in [0.717, 1.165) is 5.56 Å². The quantitative estimate of drug-likeness (QED) is 0.440. The van der Waals surface area contributed by atoms with E-state index in [1.807, 2.05) is 0 Å². The lowest BCUT2D eigenvalue weighted by Crippen LogP contribution is -2.66. The van der Waals surface area contributed by atoms with Crippen molar-refractivity contribution in [3.63, 3.8) is 0 Å². The van der Waals surface area contributed by atoms with Crippen molar-refractivity contribution in [1.29, 1.82) is 0 Å². The summed E-state index contributed by atoms with van der Waals surface area (Å²) >= 11 is 1.21. The topological polar surface area (TPSA) is 93.0 Å². The molecular weight excluding hydrogens is 334 g/mol. The monoisotopic (exact) mass is 351 g/mol. The minimum Gasteiger partial charge on any atom is -0.383 e. The zero-order valence-electron chi connectivity index (χ0n) is 13.1. The van der Waals surface area contributed by atoms with Crippen LogP contribution in [0.3, 0.4) is 0 Å². The van der Waals surface area contributed by atoms with Crippen LogP contribution in [0.2, 0.25) is 0 Å². The number of benzene rings is 1. The van der Waals surface area contributed by atoms with E-state index in [1.165, 1.54) is 23.9 Å². The highest BCUT2D eigenvalue weighted by molar-refractivity contribution is 8.13. The molecule has 0 aliphatic carbocycles. The van der Waals surface area contributed by atoms with Crippen LogP contribution in [-0.2, 0) is 9.53 Å². The number of non-ortho nitro benzene ring substituents is 1. The number of amides is 2. The SMILES string of the molecule is COCCN1C(=O)[C@H](N2CCSC2=O)[C@@H]1c1ccc([N+](=O)[O-])cc1. The maximum atomic E-state index is 12.5. The van der Waals surface area contributed by atoms with Gasteiger partial charge in [0.25, 0.3) is 10.9 Å². The Hall–Kier alpha value is -2.13. The van der Waals surface area contributed by atoms with E-state index in [4.69, 9.17) is 4.74 Å². The van der Waals surface area contributed by atoms with E-state index < -0.39 is 11.0 Å². The molecule has 3 rings (SSSR count). The number of hydrogen-bond acceptors (Lipinski definition) is 6. The predicted octanol–water partition coefficient (Wildman–Crippen LogP) is 1.66. The highest BCUT2D eigenvalue weighted by atomic mass is 32.2. The first-order valence-corrected chi connectivity index (χ1v) is 8.50. The van der Waals surface area contributed by atoms with Crippen molar-refractivity contribution in [2.24, 2.45) is 0 Å². The predicted molar refractivity (Wildman–Crippen MR) is 87.8 cm³/mol. The number of ether oxygens (including phenoxy) is 1. The third-order valence-corrected chi connectivity index (χ3v) is 5.15. The molecule has 128 valence electrons. The molecule has 9 heteroatoms. The standard InChI is InChI=1S/C15H17N3O5S/c1-23-8-6-16-12(10-2-4-11(5-3-10)18(21)22)13(14(16)19)17-7-9-24-15(17)20/h2-5,12-13H,6-9H2,1H3/t12-,13+/m0/s1. The normalized spacial score (nSPS) is 23.5. The Morgan fingerprint density at radius 3 is 2.54 bits per heavy atom. The van der Waals surface area contributed by atoms with Gasteiger partial charge >= 0.3 is 0 Å². The fourth-order valence-corrected chi connectivity index (χ4v) is 3.92. The Morgan fingerprint density at radius 2 is 2.00 bits per heavy atom. The van der Waals surface area contributed by atoms with Crippen LogP contribution >= 0.6 is 11.8 Å². The van der Waals surface area contributed by atoms with Gasteiger partial charge in [-0.15, -0.1) is 0 Å². The first kappa shape index (κ1) is 16.7. The largest absolute Gasteiger partial charge is 0.383 e. The first-order chi connectivity index (χ1) is 11.5. The number of nitrogens with zero attached hydrogens (tertiary/aromatic N) is 3. The summed E-state index contributed by atoms with van der Waals surface area (Å²) in [5, 5.41) is 10.7. The maximum absolute atomic E-state index is 12.5. The van der Waals surface area contributed by atoms with Crippen molar-refractivity contribution in [3.05, 3.63) is 39.9 Å². The summed E-state index contributed by atoms with van der Waals surface area (Å²) in [4.78, 5) is 38.1. The summed E-state index contributed by atoms with van der Waals surface area (Å²) in [6.07, 6.45) is 0. The Balaban J connectivity index is 1.87. The van der Waals surface area contributed by atoms with Crippen molar-refractivity contribution in [2.45, 2.75) is 12.1 Å². The van der Waals surface area contributed by atoms with Gasteiger partial charge in [0.1, 0.15) is 6.04 Å². The van der Waals surface area contributed by atoms with E-state index >= 15 is 0 Å². The minimum atomic E-state index is -0.536. The molecule has 0 saturated carbocycles. The van der Waals surface area contributed by atoms with Crippen LogP contribution in [-0.4, -0.2) is 64.5 Å².